The first-order valence-corrected chi connectivity index (χ1v) is 5.11. The molecular formula is C10H18N2O5. The number of urea groups is 1. The van der Waals surface area contributed by atoms with Crippen molar-refractivity contribution < 1.29 is 24.6 Å². The van der Waals surface area contributed by atoms with E-state index in [-0.39, 0.29) is 5.41 Å². The fraction of sp³-hybridized carbons (Fsp3) is 0.700. The fourth-order valence-corrected chi connectivity index (χ4v) is 0.929. The summed E-state index contributed by atoms with van der Waals surface area (Å²) in [4.78, 5) is 32.4. The molecule has 2 amide bonds. The highest BCUT2D eigenvalue weighted by Gasteiger charge is 2.23. The molecule has 0 aliphatic rings. The van der Waals surface area contributed by atoms with Crippen LogP contribution >= 0.6 is 0 Å². The summed E-state index contributed by atoms with van der Waals surface area (Å²) in [6, 6.07) is -2.11. The zero-order valence-corrected chi connectivity index (χ0v) is 10.1. The van der Waals surface area contributed by atoms with Crippen molar-refractivity contribution in [1.29, 1.82) is 0 Å². The molecular weight excluding hydrogens is 228 g/mol. The van der Waals surface area contributed by atoms with Crippen LogP contribution in [0.25, 0.3) is 0 Å². The fourth-order valence-electron chi connectivity index (χ4n) is 0.929. The normalized spacial score (nSPS) is 12.6. The average Bonchev–Trinajstić information content (AvgIpc) is 2.11. The molecule has 1 atom stereocenters. The third-order valence-electron chi connectivity index (χ3n) is 1.76. The van der Waals surface area contributed by atoms with Crippen LogP contribution in [0.4, 0.5) is 4.79 Å². The number of hydrogen-bond acceptors (Lipinski definition) is 3. The number of nitrogens with one attached hydrogen (secondary N) is 2. The van der Waals surface area contributed by atoms with Crippen LogP contribution in [0, 0.1) is 5.41 Å². The van der Waals surface area contributed by atoms with Crippen LogP contribution in [-0.2, 0) is 9.59 Å². The molecule has 98 valence electrons. The SMILES string of the molecule is CC(C)(C)CNC(=O)N[C@@H](CC(=O)O)C(=O)O. The van der Waals surface area contributed by atoms with Crippen LogP contribution in [0.3, 0.4) is 0 Å². The third kappa shape index (κ3) is 8.06. The molecule has 7 heteroatoms. The number of carboxylic acids is 2. The van der Waals surface area contributed by atoms with E-state index in [2.05, 4.69) is 10.6 Å². The third-order valence-corrected chi connectivity index (χ3v) is 1.76. The quantitative estimate of drug-likeness (QED) is 0.555. The molecule has 0 unspecified atom stereocenters. The van der Waals surface area contributed by atoms with Gasteiger partial charge in [-0.25, -0.2) is 9.59 Å². The van der Waals surface area contributed by atoms with Crippen LogP contribution in [0.2, 0.25) is 0 Å². The molecule has 0 rings (SSSR count). The second-order valence-electron chi connectivity index (χ2n) is 4.88. The molecule has 0 bridgehead atoms. The summed E-state index contributed by atoms with van der Waals surface area (Å²) in [6.07, 6.45) is -0.654. The minimum atomic E-state index is -1.42. The molecule has 0 aliphatic heterocycles. The molecule has 0 aromatic rings. The van der Waals surface area contributed by atoms with Crippen molar-refractivity contribution in [2.45, 2.75) is 33.2 Å². The Kier molecular flexibility index (Phi) is 5.43. The summed E-state index contributed by atoms with van der Waals surface area (Å²) in [5, 5.41) is 21.7. The van der Waals surface area contributed by atoms with Crippen molar-refractivity contribution in [1.82, 2.24) is 10.6 Å². The molecule has 0 saturated heterocycles. The van der Waals surface area contributed by atoms with Crippen molar-refractivity contribution in [3.8, 4) is 0 Å². The van der Waals surface area contributed by atoms with Gasteiger partial charge in [0.2, 0.25) is 0 Å². The Bertz CT molecular complexity index is 308. The van der Waals surface area contributed by atoms with E-state index in [1.807, 2.05) is 20.8 Å². The van der Waals surface area contributed by atoms with Gasteiger partial charge in [0, 0.05) is 6.54 Å². The summed E-state index contributed by atoms with van der Waals surface area (Å²) in [7, 11) is 0. The first kappa shape index (κ1) is 15.2. The number of carboxylic acid groups (broad SMARTS) is 2. The van der Waals surface area contributed by atoms with Gasteiger partial charge in [0.05, 0.1) is 6.42 Å². The number of carbonyl (C=O) groups excluding carboxylic acids is 1. The van der Waals surface area contributed by atoms with Crippen LogP contribution in [0.5, 0.6) is 0 Å². The van der Waals surface area contributed by atoms with Gasteiger partial charge < -0.3 is 20.8 Å². The van der Waals surface area contributed by atoms with Gasteiger partial charge in [-0.05, 0) is 5.41 Å². The van der Waals surface area contributed by atoms with Crippen LogP contribution in [0.15, 0.2) is 0 Å². The van der Waals surface area contributed by atoms with Gasteiger partial charge in [0.1, 0.15) is 6.04 Å². The molecule has 0 aromatic carbocycles. The summed E-state index contributed by atoms with van der Waals surface area (Å²) in [6.45, 7) is 6.07. The van der Waals surface area contributed by atoms with Gasteiger partial charge in [-0.1, -0.05) is 20.8 Å². The number of amides is 2. The number of aliphatic carboxylic acids is 2. The summed E-state index contributed by atoms with van der Waals surface area (Å²) in [5.41, 5.74) is -0.136. The summed E-state index contributed by atoms with van der Waals surface area (Å²) < 4.78 is 0. The van der Waals surface area contributed by atoms with Gasteiger partial charge in [0.25, 0.3) is 0 Å². The van der Waals surface area contributed by atoms with Crippen LogP contribution in [0.1, 0.15) is 27.2 Å². The largest absolute Gasteiger partial charge is 0.481 e. The van der Waals surface area contributed by atoms with Gasteiger partial charge in [-0.15, -0.1) is 0 Å². The Labute approximate surface area is 99.2 Å². The lowest BCUT2D eigenvalue weighted by molar-refractivity contribution is -0.145. The maximum Gasteiger partial charge on any atom is 0.326 e. The maximum atomic E-state index is 11.3. The van der Waals surface area contributed by atoms with E-state index in [4.69, 9.17) is 10.2 Å². The van der Waals surface area contributed by atoms with E-state index in [0.717, 1.165) is 0 Å². The lowest BCUT2D eigenvalue weighted by Gasteiger charge is -2.20. The van der Waals surface area contributed by atoms with Crippen molar-refractivity contribution in [3.05, 3.63) is 0 Å². The van der Waals surface area contributed by atoms with Crippen molar-refractivity contribution in [2.24, 2.45) is 5.41 Å². The minimum absolute atomic E-state index is 0.136. The Balaban J connectivity index is 4.22. The highest BCUT2D eigenvalue weighted by atomic mass is 16.4. The Morgan fingerprint density at radius 3 is 2.06 bits per heavy atom. The standard InChI is InChI=1S/C10H18N2O5/c1-10(2,3)5-11-9(17)12-6(8(15)16)4-7(13)14/h6H,4-5H2,1-3H3,(H,13,14)(H,15,16)(H2,11,12,17)/t6-/m0/s1. The molecule has 0 aromatic heterocycles. The van der Waals surface area contributed by atoms with Crippen LogP contribution < -0.4 is 10.6 Å². The zero-order chi connectivity index (χ0) is 13.6. The lowest BCUT2D eigenvalue weighted by Crippen LogP contribution is -2.48. The average molecular weight is 246 g/mol. The molecule has 17 heavy (non-hydrogen) atoms. The molecule has 0 saturated carbocycles. The first-order chi connectivity index (χ1) is 7.61. The highest BCUT2D eigenvalue weighted by Crippen LogP contribution is 2.09. The smallest absolute Gasteiger partial charge is 0.326 e. The van der Waals surface area contributed by atoms with Gasteiger partial charge in [0.15, 0.2) is 0 Å². The Hall–Kier alpha value is -1.79. The van der Waals surface area contributed by atoms with E-state index in [1.54, 1.807) is 0 Å². The first-order valence-electron chi connectivity index (χ1n) is 5.11. The second kappa shape index (κ2) is 6.07. The zero-order valence-electron chi connectivity index (χ0n) is 10.1. The Morgan fingerprint density at radius 2 is 1.71 bits per heavy atom. The predicted octanol–water partition coefficient (Wildman–Crippen LogP) is 0.260. The minimum Gasteiger partial charge on any atom is -0.481 e. The molecule has 4 N–H and O–H groups in total. The number of carbonyl (C=O) groups is 3. The lowest BCUT2D eigenvalue weighted by atomic mass is 9.97. The van der Waals surface area contributed by atoms with E-state index in [1.165, 1.54) is 0 Å². The monoisotopic (exact) mass is 246 g/mol. The van der Waals surface area contributed by atoms with Crippen molar-refractivity contribution >= 4 is 18.0 Å². The molecule has 0 fully saturated rings. The molecule has 0 aliphatic carbocycles. The second-order valence-corrected chi connectivity index (χ2v) is 4.88. The van der Waals surface area contributed by atoms with Crippen molar-refractivity contribution in [3.63, 3.8) is 0 Å². The number of hydrogen-bond donors (Lipinski definition) is 4. The highest BCUT2D eigenvalue weighted by molar-refractivity contribution is 5.86. The van der Waals surface area contributed by atoms with E-state index in [9.17, 15) is 14.4 Å². The molecule has 0 heterocycles. The van der Waals surface area contributed by atoms with Crippen LogP contribution in [-0.4, -0.2) is 40.8 Å². The topological polar surface area (TPSA) is 116 Å². The summed E-state index contributed by atoms with van der Waals surface area (Å²) in [5.74, 6) is -2.66. The van der Waals surface area contributed by atoms with E-state index < -0.39 is 30.4 Å². The molecule has 0 spiro atoms. The van der Waals surface area contributed by atoms with Gasteiger partial charge in [-0.2, -0.15) is 0 Å². The maximum absolute atomic E-state index is 11.3. The Morgan fingerprint density at radius 1 is 1.18 bits per heavy atom. The molecule has 0 radical (unpaired) electrons. The van der Waals surface area contributed by atoms with E-state index >= 15 is 0 Å². The summed E-state index contributed by atoms with van der Waals surface area (Å²) >= 11 is 0. The number of rotatable bonds is 5. The van der Waals surface area contributed by atoms with Gasteiger partial charge >= 0.3 is 18.0 Å². The van der Waals surface area contributed by atoms with Gasteiger partial charge in [-0.3, -0.25) is 4.79 Å². The van der Waals surface area contributed by atoms with Crippen molar-refractivity contribution in [2.75, 3.05) is 6.54 Å². The molecule has 7 nitrogen and oxygen atoms in total. The predicted molar refractivity (Wildman–Crippen MR) is 59.7 cm³/mol. The van der Waals surface area contributed by atoms with E-state index in [0.29, 0.717) is 6.54 Å².